The minimum Gasteiger partial charge on any atom is -0.454 e. The van der Waals surface area contributed by atoms with Crippen molar-refractivity contribution in [2.45, 2.75) is 44.6 Å². The number of aromatic nitrogens is 4. The van der Waals surface area contributed by atoms with Gasteiger partial charge in [-0.25, -0.2) is 23.4 Å². The zero-order valence-electron chi connectivity index (χ0n) is 26.2. The summed E-state index contributed by atoms with van der Waals surface area (Å²) < 4.78 is 50.5. The van der Waals surface area contributed by atoms with Gasteiger partial charge in [0.1, 0.15) is 41.0 Å². The minimum atomic E-state index is -1.18. The number of nitrogen functional groups attached to an aromatic ring is 1. The van der Waals surface area contributed by atoms with Gasteiger partial charge in [0.05, 0.1) is 11.4 Å². The third-order valence-electron chi connectivity index (χ3n) is 8.92. The largest absolute Gasteiger partial charge is 0.454 e. The first kappa shape index (κ1) is 32.0. The zero-order valence-corrected chi connectivity index (χ0v) is 26.2. The van der Waals surface area contributed by atoms with Crippen LogP contribution in [-0.2, 0) is 4.79 Å². The van der Waals surface area contributed by atoms with E-state index in [0.717, 1.165) is 44.4 Å². The Bertz CT molecular complexity index is 1890. The number of rotatable bonds is 8. The zero-order chi connectivity index (χ0) is 33.3. The molecule has 1 saturated carbocycles. The summed E-state index contributed by atoms with van der Waals surface area (Å²) in [4.78, 5) is 26.1. The molecule has 2 N–H and O–H groups in total. The summed E-state index contributed by atoms with van der Waals surface area (Å²) in [5.41, 5.74) is 6.84. The van der Waals surface area contributed by atoms with Gasteiger partial charge in [0, 0.05) is 36.7 Å². The van der Waals surface area contributed by atoms with Gasteiger partial charge in [-0.2, -0.15) is 14.8 Å². The lowest BCUT2D eigenvalue weighted by atomic mass is 9.83. The van der Waals surface area contributed by atoms with Gasteiger partial charge in [0.15, 0.2) is 17.2 Å². The van der Waals surface area contributed by atoms with Crippen LogP contribution < -0.4 is 10.5 Å². The molecule has 244 valence electrons. The maximum absolute atomic E-state index is 15.6. The van der Waals surface area contributed by atoms with E-state index in [1.807, 2.05) is 20.2 Å². The second-order valence-electron chi connectivity index (χ2n) is 12.6. The lowest BCUT2D eigenvalue weighted by molar-refractivity contribution is -0.128. The molecule has 3 heterocycles. The first-order valence-corrected chi connectivity index (χ1v) is 15.6. The fourth-order valence-corrected chi connectivity index (χ4v) is 6.89. The van der Waals surface area contributed by atoms with Gasteiger partial charge in [0.2, 0.25) is 5.82 Å². The Morgan fingerprint density at radius 3 is 2.66 bits per heavy atom. The standard InChI is InChI=1S/C34H35F3N8O2/c1-43(2)19-34(12-3-4-13-34)16-21(17-38)33(46)44-14-6-7-22(18-44)45-32-28(31(39)40-20-41-32)30(42-45)24-11-10-23(15-26(24)36)47-27-9-5-8-25(35)29(27)37/h5,8-11,15-16,20,22H,3-4,6-7,12-14,18-19H2,1-2H3,(H2,39,40,41)/b21-16+/t22-/m1/s1. The van der Waals surface area contributed by atoms with Crippen LogP contribution in [0.25, 0.3) is 22.3 Å². The van der Waals surface area contributed by atoms with Crippen molar-refractivity contribution >= 4 is 22.8 Å². The molecule has 0 unspecified atom stereocenters. The number of likely N-dealkylation sites (tertiary alicyclic amines) is 1. The van der Waals surface area contributed by atoms with Crippen LogP contribution in [0, 0.1) is 34.2 Å². The van der Waals surface area contributed by atoms with Crippen molar-refractivity contribution in [3.63, 3.8) is 0 Å². The van der Waals surface area contributed by atoms with E-state index in [1.54, 1.807) is 9.58 Å². The molecule has 1 atom stereocenters. The summed E-state index contributed by atoms with van der Waals surface area (Å²) in [7, 11) is 4.00. The summed E-state index contributed by atoms with van der Waals surface area (Å²) in [6, 6.07) is 9.20. The molecule has 10 nitrogen and oxygen atoms in total. The van der Waals surface area contributed by atoms with Gasteiger partial charge in [-0.1, -0.05) is 25.0 Å². The summed E-state index contributed by atoms with van der Waals surface area (Å²) in [6.45, 7) is 1.52. The SMILES string of the molecule is CN(C)CC1(/C=C(\C#N)C(=O)N2CCC[C@@H](n3nc(-c4ccc(Oc5cccc(F)c5F)cc4F)c4c(N)ncnc43)C2)CCCC1. The van der Waals surface area contributed by atoms with Crippen LogP contribution in [0.5, 0.6) is 11.5 Å². The smallest absolute Gasteiger partial charge is 0.264 e. The molecule has 0 bridgehead atoms. The number of amides is 1. The first-order chi connectivity index (χ1) is 22.6. The van der Waals surface area contributed by atoms with E-state index < -0.39 is 17.5 Å². The molecular formula is C34H35F3N8O2. The van der Waals surface area contributed by atoms with Crippen LogP contribution in [0.4, 0.5) is 19.0 Å². The average molecular weight is 645 g/mol. The molecule has 0 spiro atoms. The highest BCUT2D eigenvalue weighted by molar-refractivity contribution is 5.99. The number of fused-ring (bicyclic) bond motifs is 1. The Hall–Kier alpha value is -4.96. The van der Waals surface area contributed by atoms with Crippen LogP contribution in [0.3, 0.4) is 0 Å². The maximum Gasteiger partial charge on any atom is 0.264 e. The molecule has 0 radical (unpaired) electrons. The van der Waals surface area contributed by atoms with Gasteiger partial charge in [-0.15, -0.1) is 0 Å². The Balaban J connectivity index is 1.30. The van der Waals surface area contributed by atoms with Crippen LogP contribution >= 0.6 is 0 Å². The normalized spacial score (nSPS) is 18.1. The Morgan fingerprint density at radius 1 is 1.15 bits per heavy atom. The molecule has 13 heteroatoms. The molecule has 47 heavy (non-hydrogen) atoms. The highest BCUT2D eigenvalue weighted by Gasteiger charge is 2.36. The van der Waals surface area contributed by atoms with Crippen LogP contribution in [0.1, 0.15) is 44.6 Å². The monoisotopic (exact) mass is 644 g/mol. The maximum atomic E-state index is 15.6. The molecule has 2 aliphatic rings. The molecule has 1 amide bonds. The third-order valence-corrected chi connectivity index (χ3v) is 8.92. The first-order valence-electron chi connectivity index (χ1n) is 15.6. The number of carbonyl (C=O) groups excluding carboxylic acids is 1. The fraction of sp³-hybridized carbons (Fsp3) is 0.382. The Kier molecular flexibility index (Phi) is 8.88. The number of hydrogen-bond donors (Lipinski definition) is 1. The van der Waals surface area contributed by atoms with E-state index in [0.29, 0.717) is 30.4 Å². The number of halogens is 3. The van der Waals surface area contributed by atoms with E-state index in [1.165, 1.54) is 30.6 Å². The summed E-state index contributed by atoms with van der Waals surface area (Å²) >= 11 is 0. The molecule has 2 aromatic heterocycles. The van der Waals surface area contributed by atoms with E-state index in [-0.39, 0.29) is 58.1 Å². The van der Waals surface area contributed by atoms with Crippen molar-refractivity contribution in [1.82, 2.24) is 29.5 Å². The van der Waals surface area contributed by atoms with Crippen molar-refractivity contribution in [3.05, 3.63) is 71.8 Å². The summed E-state index contributed by atoms with van der Waals surface area (Å²) in [5, 5.41) is 15.2. The number of nitriles is 1. The molecule has 2 fully saturated rings. The van der Waals surface area contributed by atoms with Crippen LogP contribution in [0.15, 0.2) is 54.4 Å². The number of carbonyl (C=O) groups is 1. The van der Waals surface area contributed by atoms with Gasteiger partial charge < -0.3 is 20.3 Å². The molecule has 2 aromatic carbocycles. The van der Waals surface area contributed by atoms with Crippen molar-refractivity contribution in [2.75, 3.05) is 39.5 Å². The molecule has 1 saturated heterocycles. The van der Waals surface area contributed by atoms with E-state index in [2.05, 4.69) is 20.9 Å². The molecule has 1 aliphatic heterocycles. The third kappa shape index (κ3) is 6.38. The number of nitrogens with zero attached hydrogens (tertiary/aromatic N) is 7. The average Bonchev–Trinajstić information content (AvgIpc) is 3.67. The Labute approximate surface area is 270 Å². The number of benzene rings is 2. The lowest BCUT2D eigenvalue weighted by Gasteiger charge is -2.34. The molecule has 1 aliphatic carbocycles. The van der Waals surface area contributed by atoms with Gasteiger partial charge in [-0.05, 0) is 64.0 Å². The number of piperidine rings is 1. The predicted molar refractivity (Wildman–Crippen MR) is 170 cm³/mol. The number of ether oxygens (including phenoxy) is 1. The van der Waals surface area contributed by atoms with Gasteiger partial charge in [-0.3, -0.25) is 4.79 Å². The minimum absolute atomic E-state index is 0.0449. The van der Waals surface area contributed by atoms with E-state index >= 15 is 4.39 Å². The highest BCUT2D eigenvalue weighted by atomic mass is 19.2. The number of hydrogen-bond acceptors (Lipinski definition) is 8. The topological polar surface area (TPSA) is 126 Å². The van der Waals surface area contributed by atoms with E-state index in [4.69, 9.17) is 15.6 Å². The lowest BCUT2D eigenvalue weighted by Crippen LogP contribution is -2.42. The van der Waals surface area contributed by atoms with Crippen molar-refractivity contribution in [1.29, 1.82) is 5.26 Å². The quantitative estimate of drug-likeness (QED) is 0.182. The predicted octanol–water partition coefficient (Wildman–Crippen LogP) is 6.02. The van der Waals surface area contributed by atoms with Crippen molar-refractivity contribution in [2.24, 2.45) is 5.41 Å². The Morgan fingerprint density at radius 2 is 1.94 bits per heavy atom. The van der Waals surface area contributed by atoms with Crippen LogP contribution in [0.2, 0.25) is 0 Å². The van der Waals surface area contributed by atoms with Crippen LogP contribution in [-0.4, -0.2) is 69.2 Å². The highest BCUT2D eigenvalue weighted by Crippen LogP contribution is 2.41. The van der Waals surface area contributed by atoms with Gasteiger partial charge in [0.25, 0.3) is 5.91 Å². The number of anilines is 1. The van der Waals surface area contributed by atoms with Crippen molar-refractivity contribution < 1.29 is 22.7 Å². The summed E-state index contributed by atoms with van der Waals surface area (Å²) in [5.74, 6) is -3.66. The van der Waals surface area contributed by atoms with Gasteiger partial charge >= 0.3 is 0 Å². The molecule has 6 rings (SSSR count). The fourth-order valence-electron chi connectivity index (χ4n) is 6.89. The number of nitrogens with two attached hydrogens (primary N) is 1. The van der Waals surface area contributed by atoms with Crippen molar-refractivity contribution in [3.8, 4) is 28.8 Å². The molecule has 4 aromatic rings. The summed E-state index contributed by atoms with van der Waals surface area (Å²) in [6.07, 6.45) is 8.49. The second-order valence-corrected chi connectivity index (χ2v) is 12.6. The molecular weight excluding hydrogens is 609 g/mol. The van der Waals surface area contributed by atoms with E-state index in [9.17, 15) is 18.8 Å². The second kappa shape index (κ2) is 13.0.